The summed E-state index contributed by atoms with van der Waals surface area (Å²) in [6, 6.07) is 17.5. The van der Waals surface area contributed by atoms with Crippen molar-refractivity contribution in [2.75, 3.05) is 31.6 Å². The first-order chi connectivity index (χ1) is 17.7. The first-order valence-electron chi connectivity index (χ1n) is 12.6. The molecule has 0 radical (unpaired) electrons. The molecular weight excluding hydrogens is 450 g/mol. The Labute approximate surface area is 211 Å². The van der Waals surface area contributed by atoms with Crippen molar-refractivity contribution >= 4 is 22.8 Å². The monoisotopic (exact) mass is 481 g/mol. The van der Waals surface area contributed by atoms with Crippen molar-refractivity contribution in [3.8, 4) is 17.0 Å². The molecule has 0 saturated carbocycles. The number of anilines is 1. The highest BCUT2D eigenvalue weighted by molar-refractivity contribution is 5.98. The van der Waals surface area contributed by atoms with E-state index in [1.807, 2.05) is 54.7 Å². The minimum atomic E-state index is -0.104. The molecule has 1 fully saturated rings. The molecule has 5 rings (SSSR count). The molecule has 2 aromatic carbocycles. The van der Waals surface area contributed by atoms with Gasteiger partial charge in [0.15, 0.2) is 5.82 Å². The Balaban J connectivity index is 1.40. The molecule has 0 spiro atoms. The molecule has 1 aliphatic rings. The molecule has 4 aromatic rings. The highest BCUT2D eigenvalue weighted by atomic mass is 16.5. The third kappa shape index (κ3) is 5.46. The van der Waals surface area contributed by atoms with Crippen molar-refractivity contribution in [2.24, 2.45) is 0 Å². The lowest BCUT2D eigenvalue weighted by molar-refractivity contribution is 0.0953. The Morgan fingerprint density at radius 2 is 1.89 bits per heavy atom. The number of methoxy groups -OCH3 is 1. The van der Waals surface area contributed by atoms with Crippen LogP contribution in [0.2, 0.25) is 0 Å². The van der Waals surface area contributed by atoms with Gasteiger partial charge in [-0.3, -0.25) is 9.78 Å². The molecule has 7 heteroatoms. The van der Waals surface area contributed by atoms with E-state index in [0.717, 1.165) is 67.1 Å². The van der Waals surface area contributed by atoms with Gasteiger partial charge in [0.1, 0.15) is 11.4 Å². The number of carbonyl (C=O) groups is 1. The van der Waals surface area contributed by atoms with Crippen LogP contribution in [0.15, 0.2) is 67.0 Å². The zero-order chi connectivity index (χ0) is 24.7. The van der Waals surface area contributed by atoms with Gasteiger partial charge in [0.05, 0.1) is 18.1 Å². The summed E-state index contributed by atoms with van der Waals surface area (Å²) in [6.45, 7) is 2.54. The highest BCUT2D eigenvalue weighted by Crippen LogP contribution is 2.33. The molecular formula is C29H31N5O2. The van der Waals surface area contributed by atoms with Crippen LogP contribution in [0.4, 0.5) is 5.82 Å². The Kier molecular flexibility index (Phi) is 7.36. The van der Waals surface area contributed by atoms with Crippen molar-refractivity contribution < 1.29 is 9.53 Å². The predicted octanol–water partition coefficient (Wildman–Crippen LogP) is 5.05. The number of aromatic nitrogens is 3. The Bertz CT molecular complexity index is 1340. The summed E-state index contributed by atoms with van der Waals surface area (Å²) < 4.78 is 5.46. The number of aryl methyl sites for hydroxylation is 1. The fourth-order valence-corrected chi connectivity index (χ4v) is 4.62. The van der Waals surface area contributed by atoms with Crippen molar-refractivity contribution in [3.63, 3.8) is 0 Å². The number of nitrogens with zero attached hydrogens (tertiary/aromatic N) is 4. The number of nitrogens with one attached hydrogen (secondary N) is 1. The molecule has 1 N–H and O–H groups in total. The molecule has 0 atom stereocenters. The third-order valence-electron chi connectivity index (χ3n) is 6.56. The molecule has 0 unspecified atom stereocenters. The maximum absolute atomic E-state index is 12.9. The van der Waals surface area contributed by atoms with Gasteiger partial charge in [-0.15, -0.1) is 0 Å². The first kappa shape index (κ1) is 23.7. The van der Waals surface area contributed by atoms with Crippen LogP contribution >= 0.6 is 0 Å². The van der Waals surface area contributed by atoms with E-state index in [4.69, 9.17) is 14.7 Å². The SMILES string of the molecule is COc1cccc(-c2nc3cc(C(=O)NCCCc4cccnc4)ccc3nc2N2CCCCC2)c1. The number of benzene rings is 2. The summed E-state index contributed by atoms with van der Waals surface area (Å²) in [7, 11) is 1.67. The van der Waals surface area contributed by atoms with Crippen molar-refractivity contribution in [2.45, 2.75) is 32.1 Å². The Morgan fingerprint density at radius 3 is 2.69 bits per heavy atom. The van der Waals surface area contributed by atoms with E-state index in [1.165, 1.54) is 12.0 Å². The molecule has 1 saturated heterocycles. The molecule has 36 heavy (non-hydrogen) atoms. The van der Waals surface area contributed by atoms with Gasteiger partial charge in [-0.05, 0) is 74.1 Å². The quantitative estimate of drug-likeness (QED) is 0.355. The average Bonchev–Trinajstić information content (AvgIpc) is 2.95. The first-order valence-corrected chi connectivity index (χ1v) is 12.6. The second-order valence-corrected chi connectivity index (χ2v) is 9.10. The van der Waals surface area contributed by atoms with Gasteiger partial charge < -0.3 is 15.0 Å². The zero-order valence-electron chi connectivity index (χ0n) is 20.6. The van der Waals surface area contributed by atoms with Crippen LogP contribution in [-0.4, -0.2) is 47.6 Å². The Hall–Kier alpha value is -4.00. The van der Waals surface area contributed by atoms with Gasteiger partial charge in [-0.1, -0.05) is 18.2 Å². The molecule has 3 heterocycles. The second kappa shape index (κ2) is 11.2. The normalized spacial score (nSPS) is 13.5. The number of rotatable bonds is 8. The summed E-state index contributed by atoms with van der Waals surface area (Å²) in [5.74, 6) is 1.56. The maximum Gasteiger partial charge on any atom is 0.251 e. The van der Waals surface area contributed by atoms with Crippen LogP contribution in [0.5, 0.6) is 5.75 Å². The molecule has 2 aromatic heterocycles. The number of pyridine rings is 1. The van der Waals surface area contributed by atoms with Gasteiger partial charge in [0.25, 0.3) is 5.91 Å². The minimum absolute atomic E-state index is 0.104. The number of ether oxygens (including phenoxy) is 1. The smallest absolute Gasteiger partial charge is 0.251 e. The molecule has 1 amide bonds. The highest BCUT2D eigenvalue weighted by Gasteiger charge is 2.20. The largest absolute Gasteiger partial charge is 0.497 e. The molecule has 0 aliphatic carbocycles. The number of piperidine rings is 1. The van der Waals surface area contributed by atoms with E-state index >= 15 is 0 Å². The van der Waals surface area contributed by atoms with E-state index < -0.39 is 0 Å². The van der Waals surface area contributed by atoms with E-state index in [1.54, 1.807) is 13.3 Å². The van der Waals surface area contributed by atoms with Crippen LogP contribution in [0, 0.1) is 0 Å². The number of hydrogen-bond acceptors (Lipinski definition) is 6. The lowest BCUT2D eigenvalue weighted by atomic mass is 10.1. The molecule has 184 valence electrons. The van der Waals surface area contributed by atoms with Gasteiger partial charge in [-0.25, -0.2) is 9.97 Å². The number of amides is 1. The van der Waals surface area contributed by atoms with E-state index in [9.17, 15) is 4.79 Å². The van der Waals surface area contributed by atoms with Gasteiger partial charge >= 0.3 is 0 Å². The van der Waals surface area contributed by atoms with Crippen LogP contribution in [0.1, 0.15) is 41.6 Å². The van der Waals surface area contributed by atoms with Crippen molar-refractivity contribution in [1.29, 1.82) is 0 Å². The number of carbonyl (C=O) groups excluding carboxylic acids is 1. The Morgan fingerprint density at radius 1 is 1.00 bits per heavy atom. The van der Waals surface area contributed by atoms with E-state index in [2.05, 4.69) is 21.3 Å². The van der Waals surface area contributed by atoms with Crippen LogP contribution in [-0.2, 0) is 6.42 Å². The lowest BCUT2D eigenvalue weighted by Crippen LogP contribution is -2.31. The molecule has 1 aliphatic heterocycles. The fourth-order valence-electron chi connectivity index (χ4n) is 4.62. The van der Waals surface area contributed by atoms with Gasteiger partial charge in [0.2, 0.25) is 0 Å². The maximum atomic E-state index is 12.9. The summed E-state index contributed by atoms with van der Waals surface area (Å²) in [4.78, 5) is 29.4. The van der Waals surface area contributed by atoms with Crippen LogP contribution in [0.25, 0.3) is 22.3 Å². The average molecular weight is 482 g/mol. The number of fused-ring (bicyclic) bond motifs is 1. The second-order valence-electron chi connectivity index (χ2n) is 9.10. The number of hydrogen-bond donors (Lipinski definition) is 1. The predicted molar refractivity (Wildman–Crippen MR) is 142 cm³/mol. The van der Waals surface area contributed by atoms with Crippen molar-refractivity contribution in [3.05, 3.63) is 78.1 Å². The standard InChI is InChI=1S/C29H31N5O2/c1-36-24-11-5-10-22(18-24)27-28(34-16-3-2-4-17-34)33-25-13-12-23(19-26(25)32-27)29(35)31-15-7-9-21-8-6-14-30-20-21/h5-6,8,10-14,18-20H,2-4,7,9,15-17H2,1H3,(H,31,35). The molecule has 7 nitrogen and oxygen atoms in total. The summed E-state index contributed by atoms with van der Waals surface area (Å²) in [5, 5.41) is 3.03. The minimum Gasteiger partial charge on any atom is -0.497 e. The fraction of sp³-hybridized carbons (Fsp3) is 0.310. The van der Waals surface area contributed by atoms with Crippen LogP contribution in [0.3, 0.4) is 0 Å². The summed E-state index contributed by atoms with van der Waals surface area (Å²) in [6.07, 6.45) is 8.90. The van der Waals surface area contributed by atoms with Gasteiger partial charge in [0, 0.05) is 43.2 Å². The van der Waals surface area contributed by atoms with Crippen molar-refractivity contribution in [1.82, 2.24) is 20.3 Å². The van der Waals surface area contributed by atoms with E-state index in [0.29, 0.717) is 17.6 Å². The third-order valence-corrected chi connectivity index (χ3v) is 6.56. The zero-order valence-corrected chi connectivity index (χ0v) is 20.6. The summed E-state index contributed by atoms with van der Waals surface area (Å²) >= 11 is 0. The molecule has 0 bridgehead atoms. The van der Waals surface area contributed by atoms with Gasteiger partial charge in [-0.2, -0.15) is 0 Å². The topological polar surface area (TPSA) is 80.2 Å². The summed E-state index contributed by atoms with van der Waals surface area (Å²) in [5.41, 5.74) is 5.02. The van der Waals surface area contributed by atoms with Crippen LogP contribution < -0.4 is 15.0 Å². The van der Waals surface area contributed by atoms with E-state index in [-0.39, 0.29) is 5.91 Å². The lowest BCUT2D eigenvalue weighted by Gasteiger charge is -2.29.